The molecular formula is C16H19N3O3S. The molecule has 1 aliphatic heterocycles. The molecule has 1 aromatic carbocycles. The minimum absolute atomic E-state index is 0.0157. The standard InChI is InChI=1S/C16H19N3O3S/c17-14(20)6-3-10-2-1-7-19(9-10)15(21)11-4-5-12-13(8-11)22-16(23)18-12/h4-5,8,10H,1-3,6-7,9H2,(H2,17,20)(H,18,23)/t10-/m0/s1. The Kier molecular flexibility index (Phi) is 4.47. The predicted molar refractivity (Wildman–Crippen MR) is 88.5 cm³/mol. The predicted octanol–water partition coefficient (Wildman–Crippen LogP) is 2.61. The number of aromatic amines is 1. The number of hydrogen-bond donors (Lipinski definition) is 2. The molecule has 0 saturated carbocycles. The van der Waals surface area contributed by atoms with Crippen molar-refractivity contribution in [2.24, 2.45) is 11.7 Å². The largest absolute Gasteiger partial charge is 0.429 e. The molecule has 1 fully saturated rings. The van der Waals surface area contributed by atoms with Crippen molar-refractivity contribution in [3.8, 4) is 0 Å². The third kappa shape index (κ3) is 3.61. The van der Waals surface area contributed by atoms with Crippen molar-refractivity contribution in [3.63, 3.8) is 0 Å². The molecule has 0 bridgehead atoms. The highest BCUT2D eigenvalue weighted by Crippen LogP contribution is 2.23. The Morgan fingerprint density at radius 3 is 3.04 bits per heavy atom. The first kappa shape index (κ1) is 15.7. The van der Waals surface area contributed by atoms with E-state index in [0.29, 0.717) is 34.9 Å². The van der Waals surface area contributed by atoms with Gasteiger partial charge in [-0.05, 0) is 55.6 Å². The van der Waals surface area contributed by atoms with Gasteiger partial charge in [-0.15, -0.1) is 0 Å². The molecule has 1 aromatic heterocycles. The minimum atomic E-state index is -0.285. The SMILES string of the molecule is NC(=O)CC[C@@H]1CCCN(C(=O)c2ccc3[nH]c(=S)oc3c2)C1. The van der Waals surface area contributed by atoms with Crippen LogP contribution >= 0.6 is 12.2 Å². The Balaban J connectivity index is 1.72. The first-order valence-electron chi connectivity index (χ1n) is 7.73. The summed E-state index contributed by atoms with van der Waals surface area (Å²) in [5.41, 5.74) is 7.17. The summed E-state index contributed by atoms with van der Waals surface area (Å²) in [6, 6.07) is 5.30. The Morgan fingerprint density at radius 1 is 1.43 bits per heavy atom. The lowest BCUT2D eigenvalue weighted by atomic mass is 9.93. The quantitative estimate of drug-likeness (QED) is 0.841. The lowest BCUT2D eigenvalue weighted by molar-refractivity contribution is -0.118. The highest BCUT2D eigenvalue weighted by molar-refractivity contribution is 7.71. The van der Waals surface area contributed by atoms with E-state index in [1.54, 1.807) is 18.2 Å². The molecule has 0 unspecified atom stereocenters. The zero-order chi connectivity index (χ0) is 16.4. The maximum Gasteiger partial charge on any atom is 0.266 e. The Bertz CT molecular complexity index is 795. The van der Waals surface area contributed by atoms with Crippen molar-refractivity contribution < 1.29 is 14.0 Å². The van der Waals surface area contributed by atoms with Crippen molar-refractivity contribution in [2.75, 3.05) is 13.1 Å². The van der Waals surface area contributed by atoms with Gasteiger partial charge in [-0.3, -0.25) is 9.59 Å². The fourth-order valence-electron chi connectivity index (χ4n) is 3.09. The molecule has 7 heteroatoms. The number of benzene rings is 1. The number of likely N-dealkylation sites (tertiary alicyclic amines) is 1. The van der Waals surface area contributed by atoms with Gasteiger partial charge in [0, 0.05) is 25.1 Å². The second-order valence-corrected chi connectivity index (χ2v) is 6.36. The summed E-state index contributed by atoms with van der Waals surface area (Å²) in [7, 11) is 0. The molecule has 0 aliphatic carbocycles. The van der Waals surface area contributed by atoms with Gasteiger partial charge in [-0.2, -0.15) is 0 Å². The van der Waals surface area contributed by atoms with Crippen LogP contribution in [0.25, 0.3) is 11.1 Å². The highest BCUT2D eigenvalue weighted by Gasteiger charge is 2.25. The number of oxazole rings is 1. The first-order valence-corrected chi connectivity index (χ1v) is 8.14. The van der Waals surface area contributed by atoms with Crippen LogP contribution in [-0.2, 0) is 4.79 Å². The van der Waals surface area contributed by atoms with Gasteiger partial charge >= 0.3 is 0 Å². The molecule has 3 N–H and O–H groups in total. The fourth-order valence-corrected chi connectivity index (χ4v) is 3.29. The van der Waals surface area contributed by atoms with Gasteiger partial charge in [0.1, 0.15) is 0 Å². The van der Waals surface area contributed by atoms with Crippen LogP contribution < -0.4 is 5.73 Å². The van der Waals surface area contributed by atoms with E-state index in [4.69, 9.17) is 22.4 Å². The van der Waals surface area contributed by atoms with Crippen molar-refractivity contribution in [1.82, 2.24) is 9.88 Å². The van der Waals surface area contributed by atoms with E-state index >= 15 is 0 Å². The molecule has 3 rings (SSSR count). The zero-order valence-corrected chi connectivity index (χ0v) is 13.5. The van der Waals surface area contributed by atoms with E-state index in [1.807, 2.05) is 4.90 Å². The maximum atomic E-state index is 12.7. The van der Waals surface area contributed by atoms with E-state index in [0.717, 1.165) is 31.3 Å². The summed E-state index contributed by atoms with van der Waals surface area (Å²) in [6.45, 7) is 1.40. The van der Waals surface area contributed by atoms with Crippen molar-refractivity contribution >= 4 is 35.1 Å². The number of piperidine rings is 1. The molecule has 1 aliphatic rings. The van der Waals surface area contributed by atoms with E-state index < -0.39 is 0 Å². The number of nitrogens with zero attached hydrogens (tertiary/aromatic N) is 1. The number of primary amides is 1. The van der Waals surface area contributed by atoms with Gasteiger partial charge in [0.05, 0.1) is 5.52 Å². The Hall–Kier alpha value is -2.15. The molecule has 122 valence electrons. The van der Waals surface area contributed by atoms with Crippen LogP contribution in [0.3, 0.4) is 0 Å². The number of carbonyl (C=O) groups is 2. The number of aromatic nitrogens is 1. The van der Waals surface area contributed by atoms with Crippen LogP contribution in [0.2, 0.25) is 0 Å². The van der Waals surface area contributed by atoms with E-state index in [2.05, 4.69) is 4.98 Å². The van der Waals surface area contributed by atoms with Gasteiger partial charge in [0.15, 0.2) is 5.58 Å². The van der Waals surface area contributed by atoms with Gasteiger partial charge in [-0.1, -0.05) is 0 Å². The molecule has 0 radical (unpaired) electrons. The second-order valence-electron chi connectivity index (χ2n) is 5.99. The maximum absolute atomic E-state index is 12.7. The highest BCUT2D eigenvalue weighted by atomic mass is 32.1. The molecule has 1 saturated heterocycles. The monoisotopic (exact) mass is 333 g/mol. The van der Waals surface area contributed by atoms with Crippen LogP contribution in [0.4, 0.5) is 0 Å². The second kappa shape index (κ2) is 6.54. The third-order valence-corrected chi connectivity index (χ3v) is 4.46. The van der Waals surface area contributed by atoms with Crippen LogP contribution in [0.15, 0.2) is 22.6 Å². The van der Waals surface area contributed by atoms with Crippen LogP contribution in [-0.4, -0.2) is 34.8 Å². The fraction of sp³-hybridized carbons (Fsp3) is 0.438. The van der Waals surface area contributed by atoms with E-state index in [-0.39, 0.29) is 11.8 Å². The summed E-state index contributed by atoms with van der Waals surface area (Å²) in [5.74, 6) is 0.0332. The minimum Gasteiger partial charge on any atom is -0.429 e. The molecule has 2 aromatic rings. The lowest BCUT2D eigenvalue weighted by Crippen LogP contribution is -2.40. The number of nitrogens with two attached hydrogens (primary N) is 1. The number of hydrogen-bond acceptors (Lipinski definition) is 4. The molecule has 6 nitrogen and oxygen atoms in total. The normalized spacial score (nSPS) is 18.3. The summed E-state index contributed by atoms with van der Waals surface area (Å²) in [4.78, 5) is 28.7. The lowest BCUT2D eigenvalue weighted by Gasteiger charge is -2.32. The van der Waals surface area contributed by atoms with Gasteiger partial charge < -0.3 is 20.0 Å². The van der Waals surface area contributed by atoms with E-state index in [9.17, 15) is 9.59 Å². The van der Waals surface area contributed by atoms with Crippen molar-refractivity contribution in [3.05, 3.63) is 28.6 Å². The summed E-state index contributed by atoms with van der Waals surface area (Å²) in [5, 5.41) is 0. The molecule has 1 atom stereocenters. The summed E-state index contributed by atoms with van der Waals surface area (Å²) < 4.78 is 5.37. The van der Waals surface area contributed by atoms with Crippen molar-refractivity contribution in [1.29, 1.82) is 0 Å². The number of nitrogens with one attached hydrogen (secondary N) is 1. The molecule has 23 heavy (non-hydrogen) atoms. The van der Waals surface area contributed by atoms with Crippen LogP contribution in [0, 0.1) is 10.8 Å². The van der Waals surface area contributed by atoms with Crippen LogP contribution in [0.5, 0.6) is 0 Å². The topological polar surface area (TPSA) is 92.3 Å². The number of rotatable bonds is 4. The molecule has 2 heterocycles. The van der Waals surface area contributed by atoms with Crippen LogP contribution in [0.1, 0.15) is 36.0 Å². The molecule has 2 amide bonds. The smallest absolute Gasteiger partial charge is 0.266 e. The average Bonchev–Trinajstić information content (AvgIpc) is 2.91. The first-order chi connectivity index (χ1) is 11.0. The average molecular weight is 333 g/mol. The summed E-state index contributed by atoms with van der Waals surface area (Å²) in [6.07, 6.45) is 3.10. The van der Waals surface area contributed by atoms with E-state index in [1.165, 1.54) is 0 Å². The summed E-state index contributed by atoms with van der Waals surface area (Å²) >= 11 is 4.96. The number of fused-ring (bicyclic) bond motifs is 1. The number of amides is 2. The zero-order valence-electron chi connectivity index (χ0n) is 12.7. The van der Waals surface area contributed by atoms with Gasteiger partial charge in [0.25, 0.3) is 10.7 Å². The van der Waals surface area contributed by atoms with Gasteiger partial charge in [-0.25, -0.2) is 0 Å². The molecular weight excluding hydrogens is 314 g/mol. The Morgan fingerprint density at radius 2 is 2.26 bits per heavy atom. The number of H-pyrrole nitrogens is 1. The molecule has 0 spiro atoms. The Labute approximate surface area is 138 Å². The third-order valence-electron chi connectivity index (χ3n) is 4.27. The van der Waals surface area contributed by atoms with Gasteiger partial charge in [0.2, 0.25) is 5.91 Å². The van der Waals surface area contributed by atoms with Crippen molar-refractivity contribution in [2.45, 2.75) is 25.7 Å². The number of carbonyl (C=O) groups excluding carboxylic acids is 2.